The van der Waals surface area contributed by atoms with Crippen molar-refractivity contribution in [3.63, 3.8) is 0 Å². The Morgan fingerprint density at radius 3 is 2.73 bits per heavy atom. The summed E-state index contributed by atoms with van der Waals surface area (Å²) in [5, 5.41) is 1.18. The smallest absolute Gasteiger partial charge is 0.0705 e. The number of alkyl halides is 1. The van der Waals surface area contributed by atoms with Gasteiger partial charge in [-0.2, -0.15) is 0 Å². The highest BCUT2D eigenvalue weighted by Crippen LogP contribution is 2.19. The van der Waals surface area contributed by atoms with Crippen LogP contribution >= 0.6 is 11.6 Å². The molecule has 0 saturated carbocycles. The predicted octanol–water partition coefficient (Wildman–Crippen LogP) is 3.84. The molecule has 0 aliphatic carbocycles. The number of rotatable bonds is 2. The Kier molecular flexibility index (Phi) is 2.92. The Labute approximate surface area is 95.1 Å². The van der Waals surface area contributed by atoms with Gasteiger partial charge < -0.3 is 0 Å². The second kappa shape index (κ2) is 4.19. The van der Waals surface area contributed by atoms with Crippen molar-refractivity contribution in [3.8, 4) is 0 Å². The van der Waals surface area contributed by atoms with Crippen LogP contribution in [-0.4, -0.2) is 4.98 Å². The van der Waals surface area contributed by atoms with Crippen molar-refractivity contribution in [2.75, 3.05) is 0 Å². The van der Waals surface area contributed by atoms with Gasteiger partial charge in [0.1, 0.15) is 0 Å². The summed E-state index contributed by atoms with van der Waals surface area (Å²) in [6.45, 7) is 4.20. The maximum atomic E-state index is 5.91. The number of nitrogens with zero attached hydrogens (tertiary/aromatic N) is 1. The molecule has 15 heavy (non-hydrogen) atoms. The van der Waals surface area contributed by atoms with Crippen LogP contribution in [-0.2, 0) is 12.3 Å². The highest BCUT2D eigenvalue weighted by atomic mass is 35.5. The average molecular weight is 220 g/mol. The van der Waals surface area contributed by atoms with E-state index < -0.39 is 0 Å². The van der Waals surface area contributed by atoms with Crippen LogP contribution in [0.25, 0.3) is 10.9 Å². The Bertz CT molecular complexity index is 491. The van der Waals surface area contributed by atoms with Crippen LogP contribution in [0.4, 0.5) is 0 Å². The zero-order valence-electron chi connectivity index (χ0n) is 9.05. The third-order valence-corrected chi connectivity index (χ3v) is 2.91. The third kappa shape index (κ3) is 1.98. The summed E-state index contributed by atoms with van der Waals surface area (Å²) in [5.74, 6) is 0.542. The lowest BCUT2D eigenvalue weighted by Crippen LogP contribution is -1.95. The van der Waals surface area contributed by atoms with Crippen molar-refractivity contribution in [3.05, 3.63) is 41.1 Å². The van der Waals surface area contributed by atoms with Gasteiger partial charge in [0, 0.05) is 17.0 Å². The molecule has 0 amide bonds. The molecular formula is C13H14ClN. The number of pyridine rings is 1. The first kappa shape index (κ1) is 10.4. The van der Waals surface area contributed by atoms with Gasteiger partial charge in [0.15, 0.2) is 0 Å². The molecule has 2 aromatic rings. The monoisotopic (exact) mass is 219 g/mol. The number of halogens is 1. The summed E-state index contributed by atoms with van der Waals surface area (Å²) in [4.78, 5) is 4.62. The molecule has 2 rings (SSSR count). The molecule has 0 bridgehead atoms. The molecule has 0 atom stereocenters. The predicted molar refractivity (Wildman–Crippen MR) is 65.4 cm³/mol. The fourth-order valence-electron chi connectivity index (χ4n) is 1.80. The van der Waals surface area contributed by atoms with Crippen molar-refractivity contribution >= 4 is 22.5 Å². The van der Waals surface area contributed by atoms with Crippen LogP contribution < -0.4 is 0 Å². The SMILES string of the molecule is CCc1nc2ccc(C)cc2cc1CCl. The molecule has 0 N–H and O–H groups in total. The van der Waals surface area contributed by atoms with Gasteiger partial charge in [-0.05, 0) is 37.1 Å². The van der Waals surface area contributed by atoms with E-state index in [-0.39, 0.29) is 0 Å². The van der Waals surface area contributed by atoms with Crippen molar-refractivity contribution in [2.24, 2.45) is 0 Å². The molecule has 0 fully saturated rings. The van der Waals surface area contributed by atoms with Crippen molar-refractivity contribution < 1.29 is 0 Å². The van der Waals surface area contributed by atoms with E-state index in [1.807, 2.05) is 0 Å². The minimum Gasteiger partial charge on any atom is -0.253 e. The summed E-state index contributed by atoms with van der Waals surface area (Å²) in [6, 6.07) is 8.47. The Hall–Kier alpha value is -1.08. The molecule has 0 spiro atoms. The molecule has 1 heterocycles. The quantitative estimate of drug-likeness (QED) is 0.700. The number of hydrogen-bond acceptors (Lipinski definition) is 1. The highest BCUT2D eigenvalue weighted by molar-refractivity contribution is 6.17. The minimum absolute atomic E-state index is 0.542. The maximum Gasteiger partial charge on any atom is 0.0705 e. The van der Waals surface area contributed by atoms with Crippen molar-refractivity contribution in [1.29, 1.82) is 0 Å². The normalized spacial score (nSPS) is 10.9. The Morgan fingerprint density at radius 1 is 1.27 bits per heavy atom. The lowest BCUT2D eigenvalue weighted by atomic mass is 10.1. The lowest BCUT2D eigenvalue weighted by molar-refractivity contribution is 1.02. The summed E-state index contributed by atoms with van der Waals surface area (Å²) in [6.07, 6.45) is 0.936. The van der Waals surface area contributed by atoms with Crippen LogP contribution in [0.5, 0.6) is 0 Å². The molecule has 78 valence electrons. The molecule has 1 nitrogen and oxygen atoms in total. The van der Waals surface area contributed by atoms with Crippen LogP contribution in [0.1, 0.15) is 23.7 Å². The standard InChI is InChI=1S/C13H14ClN/c1-3-12-11(8-14)7-10-6-9(2)4-5-13(10)15-12/h4-7H,3,8H2,1-2H3. The summed E-state index contributed by atoms with van der Waals surface area (Å²) >= 11 is 5.91. The second-order valence-electron chi connectivity index (χ2n) is 3.78. The van der Waals surface area contributed by atoms with E-state index in [4.69, 9.17) is 11.6 Å². The molecule has 0 aliphatic rings. The molecule has 2 heteroatoms. The molecule has 1 aromatic heterocycles. The van der Waals surface area contributed by atoms with Crippen molar-refractivity contribution in [2.45, 2.75) is 26.1 Å². The topological polar surface area (TPSA) is 12.9 Å². The number of fused-ring (bicyclic) bond motifs is 1. The number of hydrogen-bond donors (Lipinski definition) is 0. The molecule has 1 aromatic carbocycles. The van der Waals surface area contributed by atoms with Crippen LogP contribution in [0.2, 0.25) is 0 Å². The number of aryl methyl sites for hydroxylation is 2. The zero-order valence-corrected chi connectivity index (χ0v) is 9.80. The first-order valence-corrected chi connectivity index (χ1v) is 5.73. The number of aromatic nitrogens is 1. The van der Waals surface area contributed by atoms with Gasteiger partial charge >= 0.3 is 0 Å². The van der Waals surface area contributed by atoms with E-state index >= 15 is 0 Å². The van der Waals surface area contributed by atoms with Gasteiger partial charge in [-0.25, -0.2) is 0 Å². The molecule has 0 aliphatic heterocycles. The van der Waals surface area contributed by atoms with E-state index in [0.717, 1.165) is 23.2 Å². The van der Waals surface area contributed by atoms with E-state index in [1.54, 1.807) is 0 Å². The first-order valence-electron chi connectivity index (χ1n) is 5.19. The summed E-state index contributed by atoms with van der Waals surface area (Å²) in [5.41, 5.74) is 4.58. The zero-order chi connectivity index (χ0) is 10.8. The van der Waals surface area contributed by atoms with Gasteiger partial charge in [-0.15, -0.1) is 11.6 Å². The molecular weight excluding hydrogens is 206 g/mol. The van der Waals surface area contributed by atoms with E-state index in [2.05, 4.69) is 43.1 Å². The lowest BCUT2D eigenvalue weighted by Gasteiger charge is -2.07. The van der Waals surface area contributed by atoms with E-state index in [1.165, 1.54) is 10.9 Å². The van der Waals surface area contributed by atoms with Gasteiger partial charge in [0.25, 0.3) is 0 Å². The van der Waals surface area contributed by atoms with Crippen LogP contribution in [0.15, 0.2) is 24.3 Å². The highest BCUT2D eigenvalue weighted by Gasteiger charge is 2.04. The van der Waals surface area contributed by atoms with Crippen LogP contribution in [0.3, 0.4) is 0 Å². The van der Waals surface area contributed by atoms with Gasteiger partial charge in [-0.3, -0.25) is 4.98 Å². The summed E-state index contributed by atoms with van der Waals surface area (Å²) < 4.78 is 0. The number of benzene rings is 1. The van der Waals surface area contributed by atoms with Gasteiger partial charge in [-0.1, -0.05) is 18.6 Å². The van der Waals surface area contributed by atoms with E-state index in [9.17, 15) is 0 Å². The fourth-order valence-corrected chi connectivity index (χ4v) is 2.03. The molecule has 0 unspecified atom stereocenters. The third-order valence-electron chi connectivity index (χ3n) is 2.62. The molecule has 0 radical (unpaired) electrons. The average Bonchev–Trinajstić information content (AvgIpc) is 2.27. The van der Waals surface area contributed by atoms with Gasteiger partial charge in [0.2, 0.25) is 0 Å². The van der Waals surface area contributed by atoms with Crippen molar-refractivity contribution in [1.82, 2.24) is 4.98 Å². The molecule has 0 saturated heterocycles. The largest absolute Gasteiger partial charge is 0.253 e. The Balaban J connectivity index is 2.69. The summed E-state index contributed by atoms with van der Waals surface area (Å²) in [7, 11) is 0. The van der Waals surface area contributed by atoms with E-state index in [0.29, 0.717) is 5.88 Å². The first-order chi connectivity index (χ1) is 7.24. The van der Waals surface area contributed by atoms with Crippen LogP contribution in [0, 0.1) is 6.92 Å². The minimum atomic E-state index is 0.542. The fraction of sp³-hybridized carbons (Fsp3) is 0.308. The maximum absolute atomic E-state index is 5.91. The Morgan fingerprint density at radius 2 is 2.07 bits per heavy atom. The van der Waals surface area contributed by atoms with Gasteiger partial charge in [0.05, 0.1) is 5.52 Å². The second-order valence-corrected chi connectivity index (χ2v) is 4.04.